The zero-order chi connectivity index (χ0) is 15.0. The fourth-order valence-corrected chi connectivity index (χ4v) is 4.79. The molecule has 1 aromatic carbocycles. The van der Waals surface area contributed by atoms with Gasteiger partial charge in [0.2, 0.25) is 10.0 Å². The molecule has 0 unspecified atom stereocenters. The van der Waals surface area contributed by atoms with Crippen molar-refractivity contribution in [3.63, 3.8) is 0 Å². The van der Waals surface area contributed by atoms with Gasteiger partial charge in [0.05, 0.1) is 18.7 Å². The van der Waals surface area contributed by atoms with E-state index >= 15 is 0 Å². The largest absolute Gasteiger partial charge is 0.506 e. The molecule has 0 amide bonds. The second kappa shape index (κ2) is 5.53. The SMILES string of the molecule is O=S(=O)(c1c(Br)nc2ccccc2c1O)N1CCOCC1. The van der Waals surface area contributed by atoms with E-state index in [-0.39, 0.29) is 28.3 Å². The van der Waals surface area contributed by atoms with Crippen LogP contribution in [0.4, 0.5) is 0 Å². The zero-order valence-electron chi connectivity index (χ0n) is 11.0. The Bertz CT molecular complexity index is 788. The lowest BCUT2D eigenvalue weighted by atomic mass is 10.2. The highest BCUT2D eigenvalue weighted by Crippen LogP contribution is 2.37. The van der Waals surface area contributed by atoms with Crippen molar-refractivity contribution in [2.75, 3.05) is 26.3 Å². The van der Waals surface area contributed by atoms with Crippen LogP contribution in [0, 0.1) is 0 Å². The van der Waals surface area contributed by atoms with Crippen LogP contribution in [0.5, 0.6) is 5.75 Å². The van der Waals surface area contributed by atoms with E-state index in [1.54, 1.807) is 24.3 Å². The first-order chi connectivity index (χ1) is 10.0. The molecule has 1 aliphatic rings. The Morgan fingerprint density at radius 2 is 1.90 bits per heavy atom. The molecule has 1 saturated heterocycles. The fraction of sp³-hybridized carbons (Fsp3) is 0.308. The van der Waals surface area contributed by atoms with Gasteiger partial charge in [0.25, 0.3) is 0 Å². The van der Waals surface area contributed by atoms with Gasteiger partial charge < -0.3 is 9.84 Å². The zero-order valence-corrected chi connectivity index (χ0v) is 13.4. The van der Waals surface area contributed by atoms with E-state index in [4.69, 9.17) is 4.74 Å². The number of ether oxygens (including phenoxy) is 1. The van der Waals surface area contributed by atoms with Crippen LogP contribution in [-0.2, 0) is 14.8 Å². The molecular weight excluding hydrogens is 360 g/mol. The van der Waals surface area contributed by atoms with Crippen LogP contribution in [0.1, 0.15) is 0 Å². The number of fused-ring (bicyclic) bond motifs is 1. The number of sulfonamides is 1. The van der Waals surface area contributed by atoms with E-state index in [0.29, 0.717) is 24.1 Å². The van der Waals surface area contributed by atoms with Crippen LogP contribution in [0.15, 0.2) is 33.8 Å². The van der Waals surface area contributed by atoms with Gasteiger partial charge in [0.1, 0.15) is 10.4 Å². The standard InChI is InChI=1S/C13H13BrN2O4S/c14-13-12(21(18,19)16-5-7-20-8-6-16)11(17)9-3-1-2-4-10(9)15-13/h1-4H,5-8H2,(H,15,17). The predicted molar refractivity (Wildman–Crippen MR) is 80.7 cm³/mol. The summed E-state index contributed by atoms with van der Waals surface area (Å²) in [4.78, 5) is 4.03. The minimum Gasteiger partial charge on any atom is -0.506 e. The van der Waals surface area contributed by atoms with Crippen molar-refractivity contribution in [2.24, 2.45) is 0 Å². The number of aromatic hydroxyl groups is 1. The van der Waals surface area contributed by atoms with Crippen molar-refractivity contribution in [3.8, 4) is 5.75 Å². The normalized spacial score (nSPS) is 17.2. The third-order valence-corrected chi connectivity index (χ3v) is 6.13. The number of morpholine rings is 1. The predicted octanol–water partition coefficient (Wildman–Crippen LogP) is 1.72. The van der Waals surface area contributed by atoms with Gasteiger partial charge in [0, 0.05) is 18.5 Å². The second-order valence-electron chi connectivity index (χ2n) is 4.61. The van der Waals surface area contributed by atoms with Gasteiger partial charge in [-0.2, -0.15) is 4.31 Å². The van der Waals surface area contributed by atoms with Gasteiger partial charge in [-0.1, -0.05) is 12.1 Å². The Kier molecular flexibility index (Phi) is 3.87. The Morgan fingerprint density at radius 3 is 2.62 bits per heavy atom. The minimum atomic E-state index is -3.82. The fourth-order valence-electron chi connectivity index (χ4n) is 2.29. The number of benzene rings is 1. The first-order valence-electron chi connectivity index (χ1n) is 6.37. The second-order valence-corrected chi connectivity index (χ2v) is 7.24. The smallest absolute Gasteiger partial charge is 0.249 e. The highest BCUT2D eigenvalue weighted by atomic mass is 79.9. The molecule has 1 fully saturated rings. The molecule has 0 aliphatic carbocycles. The Balaban J connectivity index is 2.19. The molecule has 0 atom stereocenters. The monoisotopic (exact) mass is 372 g/mol. The van der Waals surface area contributed by atoms with Crippen molar-refractivity contribution in [1.82, 2.24) is 9.29 Å². The number of para-hydroxylation sites is 1. The van der Waals surface area contributed by atoms with Crippen molar-refractivity contribution < 1.29 is 18.3 Å². The van der Waals surface area contributed by atoms with Gasteiger partial charge in [-0.15, -0.1) is 0 Å². The van der Waals surface area contributed by atoms with Gasteiger partial charge >= 0.3 is 0 Å². The average Bonchev–Trinajstić information content (AvgIpc) is 2.48. The molecule has 0 spiro atoms. The molecule has 1 aromatic heterocycles. The molecule has 2 aromatic rings. The Morgan fingerprint density at radius 1 is 1.24 bits per heavy atom. The van der Waals surface area contributed by atoms with E-state index in [1.807, 2.05) is 0 Å². The number of nitrogens with zero attached hydrogens (tertiary/aromatic N) is 2. The first-order valence-corrected chi connectivity index (χ1v) is 8.60. The number of halogens is 1. The molecule has 0 saturated carbocycles. The lowest BCUT2D eigenvalue weighted by Gasteiger charge is -2.26. The van der Waals surface area contributed by atoms with Crippen LogP contribution >= 0.6 is 15.9 Å². The van der Waals surface area contributed by atoms with Crippen molar-refractivity contribution >= 4 is 36.9 Å². The van der Waals surface area contributed by atoms with E-state index in [2.05, 4.69) is 20.9 Å². The van der Waals surface area contributed by atoms with Crippen LogP contribution in [0.3, 0.4) is 0 Å². The maximum Gasteiger partial charge on any atom is 0.249 e. The van der Waals surface area contributed by atoms with Crippen LogP contribution in [0.25, 0.3) is 10.9 Å². The van der Waals surface area contributed by atoms with Crippen LogP contribution in [0.2, 0.25) is 0 Å². The van der Waals surface area contributed by atoms with E-state index in [1.165, 1.54) is 4.31 Å². The van der Waals surface area contributed by atoms with Crippen molar-refractivity contribution in [3.05, 3.63) is 28.9 Å². The summed E-state index contributed by atoms with van der Waals surface area (Å²) < 4.78 is 32.0. The van der Waals surface area contributed by atoms with E-state index < -0.39 is 10.0 Å². The molecule has 6 nitrogen and oxygen atoms in total. The molecule has 1 aliphatic heterocycles. The van der Waals surface area contributed by atoms with E-state index in [0.717, 1.165) is 0 Å². The number of pyridine rings is 1. The lowest BCUT2D eigenvalue weighted by molar-refractivity contribution is 0.0729. The topological polar surface area (TPSA) is 79.7 Å². The summed E-state index contributed by atoms with van der Waals surface area (Å²) in [5, 5.41) is 10.8. The lowest BCUT2D eigenvalue weighted by Crippen LogP contribution is -2.40. The number of rotatable bonds is 2. The minimum absolute atomic E-state index is 0.116. The molecular formula is C13H13BrN2O4S. The summed E-state index contributed by atoms with van der Waals surface area (Å²) in [6.07, 6.45) is 0. The molecule has 2 heterocycles. The average molecular weight is 373 g/mol. The van der Waals surface area contributed by atoms with Gasteiger partial charge in [-0.25, -0.2) is 13.4 Å². The number of hydrogen-bond acceptors (Lipinski definition) is 5. The van der Waals surface area contributed by atoms with Crippen molar-refractivity contribution in [1.29, 1.82) is 0 Å². The molecule has 21 heavy (non-hydrogen) atoms. The quantitative estimate of drug-likeness (QED) is 0.811. The highest BCUT2D eigenvalue weighted by molar-refractivity contribution is 9.10. The van der Waals surface area contributed by atoms with Gasteiger partial charge in [-0.05, 0) is 28.1 Å². The van der Waals surface area contributed by atoms with Crippen LogP contribution < -0.4 is 0 Å². The Labute approximate surface area is 130 Å². The molecule has 3 rings (SSSR count). The third kappa shape index (κ3) is 2.52. The summed E-state index contributed by atoms with van der Waals surface area (Å²) in [6.45, 7) is 1.22. The van der Waals surface area contributed by atoms with Crippen molar-refractivity contribution in [2.45, 2.75) is 4.90 Å². The number of hydrogen-bond donors (Lipinski definition) is 1. The summed E-state index contributed by atoms with van der Waals surface area (Å²) in [7, 11) is -3.82. The summed E-state index contributed by atoms with van der Waals surface area (Å²) in [6, 6.07) is 6.85. The molecule has 112 valence electrons. The number of aromatic nitrogens is 1. The first kappa shape index (κ1) is 14.7. The Hall–Kier alpha value is -1.22. The highest BCUT2D eigenvalue weighted by Gasteiger charge is 2.32. The van der Waals surface area contributed by atoms with Gasteiger partial charge in [-0.3, -0.25) is 0 Å². The van der Waals surface area contributed by atoms with Gasteiger partial charge in [0.15, 0.2) is 4.90 Å². The molecule has 1 N–H and O–H groups in total. The van der Waals surface area contributed by atoms with E-state index in [9.17, 15) is 13.5 Å². The third-order valence-electron chi connectivity index (χ3n) is 3.35. The maximum atomic E-state index is 12.7. The maximum absolute atomic E-state index is 12.7. The summed E-state index contributed by atoms with van der Waals surface area (Å²) in [5.41, 5.74) is 0.530. The molecule has 0 radical (unpaired) electrons. The molecule has 0 bridgehead atoms. The molecule has 8 heteroatoms. The summed E-state index contributed by atoms with van der Waals surface area (Å²) in [5.74, 6) is -0.279. The summed E-state index contributed by atoms with van der Waals surface area (Å²) >= 11 is 3.16. The van der Waals surface area contributed by atoms with Crippen LogP contribution in [-0.4, -0.2) is 49.1 Å².